The van der Waals surface area contributed by atoms with Gasteiger partial charge in [0.1, 0.15) is 5.69 Å². The summed E-state index contributed by atoms with van der Waals surface area (Å²) in [6.07, 6.45) is 0.453. The van der Waals surface area contributed by atoms with E-state index in [1.54, 1.807) is 4.90 Å². The van der Waals surface area contributed by atoms with Gasteiger partial charge in [0.25, 0.3) is 11.6 Å². The number of nitro groups is 1. The predicted octanol–water partition coefficient (Wildman–Crippen LogP) is 1.11. The molecule has 0 aliphatic rings. The van der Waals surface area contributed by atoms with E-state index in [4.69, 9.17) is 10.9 Å². The number of aliphatic hydroxyl groups is 1. The van der Waals surface area contributed by atoms with Crippen LogP contribution in [0.4, 0.5) is 11.4 Å². The van der Waals surface area contributed by atoms with Gasteiger partial charge in [-0.05, 0) is 32.4 Å². The predicted molar refractivity (Wildman–Crippen MR) is 78.8 cm³/mol. The van der Waals surface area contributed by atoms with Crippen LogP contribution >= 0.6 is 0 Å². The lowest BCUT2D eigenvalue weighted by atomic mass is 10.1. The Balaban J connectivity index is 3.10. The Morgan fingerprint density at radius 1 is 1.52 bits per heavy atom. The maximum absolute atomic E-state index is 12.4. The summed E-state index contributed by atoms with van der Waals surface area (Å²) in [6, 6.07) is 4.01. The molecule has 8 heteroatoms. The number of nitrogen functional groups attached to an aromatic ring is 1. The largest absolute Gasteiger partial charge is 0.396 e. The van der Waals surface area contributed by atoms with E-state index in [-0.39, 0.29) is 35.5 Å². The van der Waals surface area contributed by atoms with Gasteiger partial charge in [0, 0.05) is 30.8 Å². The number of hydrogen-bond acceptors (Lipinski definition) is 6. The van der Waals surface area contributed by atoms with Crippen LogP contribution in [0.25, 0.3) is 0 Å². The summed E-state index contributed by atoms with van der Waals surface area (Å²) in [5, 5.41) is 19.9. The number of nitro benzene ring substituents is 1. The zero-order chi connectivity index (χ0) is 16.0. The second-order valence-corrected chi connectivity index (χ2v) is 4.80. The Bertz CT molecular complexity index is 519. The van der Waals surface area contributed by atoms with Gasteiger partial charge in [-0.25, -0.2) is 0 Å². The smallest absolute Gasteiger partial charge is 0.294 e. The number of benzene rings is 1. The van der Waals surface area contributed by atoms with Crippen LogP contribution in [-0.2, 0) is 0 Å². The van der Waals surface area contributed by atoms with Gasteiger partial charge in [-0.1, -0.05) is 0 Å². The molecule has 1 aromatic rings. The van der Waals surface area contributed by atoms with Crippen molar-refractivity contribution in [2.24, 2.45) is 5.84 Å². The average molecular weight is 296 g/mol. The lowest BCUT2D eigenvalue weighted by Crippen LogP contribution is -2.38. The van der Waals surface area contributed by atoms with Crippen LogP contribution in [0.2, 0.25) is 0 Å². The summed E-state index contributed by atoms with van der Waals surface area (Å²) in [6.45, 7) is 4.06. The first-order valence-corrected chi connectivity index (χ1v) is 6.59. The maximum atomic E-state index is 12.4. The molecule has 0 aromatic heterocycles. The van der Waals surface area contributed by atoms with Gasteiger partial charge in [0.05, 0.1) is 4.92 Å². The number of aliphatic hydroxyl groups excluding tert-OH is 1. The summed E-state index contributed by atoms with van der Waals surface area (Å²) in [5.74, 6) is 4.90. The van der Waals surface area contributed by atoms with Gasteiger partial charge in [-0.2, -0.15) is 0 Å². The van der Waals surface area contributed by atoms with E-state index >= 15 is 0 Å². The van der Waals surface area contributed by atoms with Gasteiger partial charge in [-0.15, -0.1) is 0 Å². The normalized spacial score (nSPS) is 10.5. The molecule has 0 fully saturated rings. The van der Waals surface area contributed by atoms with Crippen molar-refractivity contribution in [2.45, 2.75) is 26.3 Å². The highest BCUT2D eigenvalue weighted by Crippen LogP contribution is 2.25. The number of rotatable bonds is 7. The van der Waals surface area contributed by atoms with E-state index < -0.39 is 4.92 Å². The molecule has 0 atom stereocenters. The molecule has 0 saturated carbocycles. The monoisotopic (exact) mass is 296 g/mol. The third kappa shape index (κ3) is 4.14. The standard InChI is InChI=1S/C13H20N4O4/c1-9(2)16(6-3-7-18)13(19)10-4-5-11(15-14)12(8-10)17(20)21/h4-5,8-9,15,18H,3,6-7,14H2,1-2H3. The summed E-state index contributed by atoms with van der Waals surface area (Å²) in [5.41, 5.74) is 2.33. The number of carbonyl (C=O) groups excluding carboxylic acids is 1. The minimum atomic E-state index is -0.598. The zero-order valence-electron chi connectivity index (χ0n) is 12.1. The number of nitrogens with two attached hydrogens (primary N) is 1. The van der Waals surface area contributed by atoms with Crippen LogP contribution in [-0.4, -0.2) is 40.0 Å². The van der Waals surface area contributed by atoms with Crippen LogP contribution in [0.3, 0.4) is 0 Å². The van der Waals surface area contributed by atoms with Gasteiger partial charge < -0.3 is 15.4 Å². The van der Waals surface area contributed by atoms with E-state index in [1.807, 2.05) is 13.8 Å². The molecule has 0 unspecified atom stereocenters. The van der Waals surface area contributed by atoms with Crippen LogP contribution in [0, 0.1) is 10.1 Å². The number of nitrogens with one attached hydrogen (secondary N) is 1. The Morgan fingerprint density at radius 3 is 2.67 bits per heavy atom. The number of anilines is 1. The van der Waals surface area contributed by atoms with Gasteiger partial charge in [0.2, 0.25) is 0 Å². The first kappa shape index (κ1) is 16.9. The Kier molecular flexibility index (Phi) is 6.07. The molecule has 0 saturated heterocycles. The van der Waals surface area contributed by atoms with Crippen molar-refractivity contribution in [2.75, 3.05) is 18.6 Å². The van der Waals surface area contributed by atoms with Crippen molar-refractivity contribution < 1.29 is 14.8 Å². The second kappa shape index (κ2) is 7.55. The average Bonchev–Trinajstić information content (AvgIpc) is 2.46. The van der Waals surface area contributed by atoms with Gasteiger partial charge in [0.15, 0.2) is 0 Å². The number of carbonyl (C=O) groups is 1. The summed E-state index contributed by atoms with van der Waals surface area (Å²) >= 11 is 0. The molecule has 0 aliphatic heterocycles. The lowest BCUT2D eigenvalue weighted by molar-refractivity contribution is -0.384. The molecule has 1 amide bonds. The minimum Gasteiger partial charge on any atom is -0.396 e. The van der Waals surface area contributed by atoms with E-state index in [2.05, 4.69) is 5.43 Å². The molecule has 0 heterocycles. The maximum Gasteiger partial charge on any atom is 0.294 e. The SMILES string of the molecule is CC(C)N(CCCO)C(=O)c1ccc(NN)c([N+](=O)[O-])c1. The fourth-order valence-electron chi connectivity index (χ4n) is 1.94. The van der Waals surface area contributed by atoms with Crippen LogP contribution in [0.1, 0.15) is 30.6 Å². The third-order valence-electron chi connectivity index (χ3n) is 3.04. The molecular formula is C13H20N4O4. The molecule has 4 N–H and O–H groups in total. The molecule has 0 bridgehead atoms. The number of hydrazine groups is 1. The first-order valence-electron chi connectivity index (χ1n) is 6.59. The second-order valence-electron chi connectivity index (χ2n) is 4.80. The van der Waals surface area contributed by atoms with Crippen LogP contribution < -0.4 is 11.3 Å². The van der Waals surface area contributed by atoms with Crippen molar-refractivity contribution in [1.82, 2.24) is 4.90 Å². The molecule has 0 spiro atoms. The highest BCUT2D eigenvalue weighted by atomic mass is 16.6. The molecule has 1 aromatic carbocycles. The van der Waals surface area contributed by atoms with Crippen molar-refractivity contribution >= 4 is 17.3 Å². The van der Waals surface area contributed by atoms with E-state index in [1.165, 1.54) is 18.2 Å². The van der Waals surface area contributed by atoms with Crippen molar-refractivity contribution in [3.63, 3.8) is 0 Å². The third-order valence-corrected chi connectivity index (χ3v) is 3.04. The Morgan fingerprint density at radius 2 is 2.19 bits per heavy atom. The number of hydrogen-bond donors (Lipinski definition) is 3. The fourth-order valence-corrected chi connectivity index (χ4v) is 1.94. The van der Waals surface area contributed by atoms with Crippen LogP contribution in [0.15, 0.2) is 18.2 Å². The molecule has 0 aliphatic carbocycles. The Hall–Kier alpha value is -2.19. The first-order chi connectivity index (χ1) is 9.92. The molecule has 116 valence electrons. The highest BCUT2D eigenvalue weighted by Gasteiger charge is 2.22. The summed E-state index contributed by atoms with van der Waals surface area (Å²) < 4.78 is 0. The lowest BCUT2D eigenvalue weighted by Gasteiger charge is -2.26. The molecule has 21 heavy (non-hydrogen) atoms. The Labute approximate surface area is 122 Å². The number of amides is 1. The summed E-state index contributed by atoms with van der Waals surface area (Å²) in [7, 11) is 0. The van der Waals surface area contributed by atoms with E-state index in [0.29, 0.717) is 13.0 Å². The molecule has 8 nitrogen and oxygen atoms in total. The van der Waals surface area contributed by atoms with E-state index in [0.717, 1.165) is 0 Å². The molecule has 0 radical (unpaired) electrons. The van der Waals surface area contributed by atoms with Gasteiger partial charge in [-0.3, -0.25) is 20.8 Å². The van der Waals surface area contributed by atoms with Gasteiger partial charge >= 0.3 is 0 Å². The highest BCUT2D eigenvalue weighted by molar-refractivity contribution is 5.96. The van der Waals surface area contributed by atoms with Crippen molar-refractivity contribution in [1.29, 1.82) is 0 Å². The minimum absolute atomic E-state index is 0.0212. The van der Waals surface area contributed by atoms with Crippen molar-refractivity contribution in [3.05, 3.63) is 33.9 Å². The molecular weight excluding hydrogens is 276 g/mol. The molecule has 1 rings (SSSR count). The zero-order valence-corrected chi connectivity index (χ0v) is 12.1. The van der Waals surface area contributed by atoms with Crippen molar-refractivity contribution in [3.8, 4) is 0 Å². The van der Waals surface area contributed by atoms with E-state index in [9.17, 15) is 14.9 Å². The quantitative estimate of drug-likeness (QED) is 0.393. The van der Waals surface area contributed by atoms with Crippen LogP contribution in [0.5, 0.6) is 0 Å². The topological polar surface area (TPSA) is 122 Å². The number of nitrogens with zero attached hydrogens (tertiary/aromatic N) is 2. The fraction of sp³-hybridized carbons (Fsp3) is 0.462. The summed E-state index contributed by atoms with van der Waals surface area (Å²) in [4.78, 5) is 24.4.